The minimum atomic E-state index is 0.330. The van der Waals surface area contributed by atoms with E-state index in [-0.39, 0.29) is 0 Å². The average molecular weight is 301 g/mol. The quantitative estimate of drug-likeness (QED) is 0.803. The first-order chi connectivity index (χ1) is 9.16. The van der Waals surface area contributed by atoms with Crippen LogP contribution in [0.1, 0.15) is 25.7 Å². The molecule has 0 radical (unpaired) electrons. The molecule has 1 heterocycles. The van der Waals surface area contributed by atoms with Gasteiger partial charge < -0.3 is 15.4 Å². The van der Waals surface area contributed by atoms with Gasteiger partial charge in [0.2, 0.25) is 0 Å². The van der Waals surface area contributed by atoms with E-state index >= 15 is 0 Å². The maximum Gasteiger partial charge on any atom is 0.0779 e. The van der Waals surface area contributed by atoms with Crippen LogP contribution in [-0.2, 0) is 4.74 Å². The van der Waals surface area contributed by atoms with E-state index in [1.807, 2.05) is 6.07 Å². The molecule has 104 valence electrons. The van der Waals surface area contributed by atoms with Gasteiger partial charge in [-0.25, -0.2) is 0 Å². The molecule has 1 aromatic rings. The third-order valence-electron chi connectivity index (χ3n) is 4.11. The molecule has 1 aliphatic heterocycles. The molecule has 2 fully saturated rings. The van der Waals surface area contributed by atoms with Crippen LogP contribution in [0.5, 0.6) is 0 Å². The van der Waals surface area contributed by atoms with Gasteiger partial charge in [0.15, 0.2) is 0 Å². The van der Waals surface area contributed by atoms with Crippen LogP contribution in [0.15, 0.2) is 12.1 Å². The molecule has 1 aromatic carbocycles. The molecule has 2 atom stereocenters. The highest BCUT2D eigenvalue weighted by atomic mass is 35.5. The van der Waals surface area contributed by atoms with E-state index in [2.05, 4.69) is 4.90 Å². The summed E-state index contributed by atoms with van der Waals surface area (Å²) in [7, 11) is 0. The summed E-state index contributed by atoms with van der Waals surface area (Å²) in [5.41, 5.74) is 7.81. The minimum absolute atomic E-state index is 0.330. The fourth-order valence-corrected chi connectivity index (χ4v) is 3.53. The lowest BCUT2D eigenvalue weighted by Gasteiger charge is -2.45. The van der Waals surface area contributed by atoms with Crippen molar-refractivity contribution < 1.29 is 4.74 Å². The fourth-order valence-electron chi connectivity index (χ4n) is 3.20. The predicted octanol–water partition coefficient (Wildman–Crippen LogP) is 3.72. The largest absolute Gasteiger partial charge is 0.397 e. The number of ether oxygens (including phenoxy) is 1. The molecule has 2 unspecified atom stereocenters. The van der Waals surface area contributed by atoms with E-state index < -0.39 is 0 Å². The molecule has 5 heteroatoms. The van der Waals surface area contributed by atoms with E-state index in [0.29, 0.717) is 27.9 Å². The Morgan fingerprint density at radius 3 is 2.74 bits per heavy atom. The highest BCUT2D eigenvalue weighted by Gasteiger charge is 2.35. The second kappa shape index (κ2) is 5.39. The number of nitrogens with two attached hydrogens (primary N) is 1. The van der Waals surface area contributed by atoms with E-state index in [0.717, 1.165) is 31.7 Å². The zero-order chi connectivity index (χ0) is 13.4. The first kappa shape index (κ1) is 13.3. The number of nitrogens with zero attached hydrogens (tertiary/aromatic N) is 1. The summed E-state index contributed by atoms with van der Waals surface area (Å²) in [6.45, 7) is 1.62. The van der Waals surface area contributed by atoms with Crippen molar-refractivity contribution in [1.29, 1.82) is 0 Å². The Labute approximate surface area is 123 Å². The highest BCUT2D eigenvalue weighted by Crippen LogP contribution is 2.38. The van der Waals surface area contributed by atoms with E-state index in [4.69, 9.17) is 33.7 Å². The molecule has 1 aliphatic carbocycles. The van der Waals surface area contributed by atoms with Gasteiger partial charge in [0.1, 0.15) is 0 Å². The maximum absolute atomic E-state index is 6.13. The molecular weight excluding hydrogens is 283 g/mol. The van der Waals surface area contributed by atoms with Gasteiger partial charge in [0.05, 0.1) is 40.2 Å². The summed E-state index contributed by atoms with van der Waals surface area (Å²) < 4.78 is 5.89. The van der Waals surface area contributed by atoms with E-state index in [1.165, 1.54) is 12.8 Å². The summed E-state index contributed by atoms with van der Waals surface area (Å²) in [5.74, 6) is 0. The number of rotatable bonds is 1. The van der Waals surface area contributed by atoms with Crippen molar-refractivity contribution in [3.05, 3.63) is 22.2 Å². The standard InChI is InChI=1S/C14H18Cl2N2O/c15-9-7-11(17)13(8-10(9)16)18-5-6-19-14-4-2-1-3-12(14)18/h7-8,12,14H,1-6,17H2. The van der Waals surface area contributed by atoms with Crippen LogP contribution in [0, 0.1) is 0 Å². The third-order valence-corrected chi connectivity index (χ3v) is 4.83. The summed E-state index contributed by atoms with van der Waals surface area (Å²) >= 11 is 12.1. The molecule has 3 rings (SSSR count). The number of anilines is 2. The van der Waals surface area contributed by atoms with Crippen LogP contribution in [0.2, 0.25) is 10.0 Å². The van der Waals surface area contributed by atoms with Gasteiger partial charge in [-0.05, 0) is 25.0 Å². The number of fused-ring (bicyclic) bond motifs is 1. The summed E-state index contributed by atoms with van der Waals surface area (Å²) in [6, 6.07) is 4.05. The van der Waals surface area contributed by atoms with Gasteiger partial charge in [-0.3, -0.25) is 0 Å². The van der Waals surface area contributed by atoms with Gasteiger partial charge in [-0.2, -0.15) is 0 Å². The molecule has 3 nitrogen and oxygen atoms in total. The zero-order valence-corrected chi connectivity index (χ0v) is 12.3. The SMILES string of the molecule is Nc1cc(Cl)c(Cl)cc1N1CCOC2CCCCC21. The Morgan fingerprint density at radius 1 is 1.16 bits per heavy atom. The molecule has 2 aliphatic rings. The first-order valence-corrected chi connectivity index (χ1v) is 7.55. The van der Waals surface area contributed by atoms with Crippen molar-refractivity contribution >= 4 is 34.6 Å². The zero-order valence-electron chi connectivity index (χ0n) is 10.7. The third kappa shape index (κ3) is 2.51. The lowest BCUT2D eigenvalue weighted by Crippen LogP contribution is -2.53. The van der Waals surface area contributed by atoms with E-state index in [1.54, 1.807) is 6.07 Å². The molecule has 0 amide bonds. The molecular formula is C14H18Cl2N2O. The van der Waals surface area contributed by atoms with Crippen molar-refractivity contribution in [2.75, 3.05) is 23.8 Å². The maximum atomic E-state index is 6.13. The van der Waals surface area contributed by atoms with Crippen molar-refractivity contribution in [3.63, 3.8) is 0 Å². The summed E-state index contributed by atoms with van der Waals surface area (Å²) in [6.07, 6.45) is 5.14. The summed E-state index contributed by atoms with van der Waals surface area (Å²) in [5, 5.41) is 1.07. The van der Waals surface area contributed by atoms with Gasteiger partial charge in [0.25, 0.3) is 0 Å². The summed E-state index contributed by atoms with van der Waals surface area (Å²) in [4.78, 5) is 2.35. The number of nitrogen functional groups attached to an aromatic ring is 1. The van der Waals surface area contributed by atoms with Crippen LogP contribution >= 0.6 is 23.2 Å². The van der Waals surface area contributed by atoms with Crippen LogP contribution < -0.4 is 10.6 Å². The van der Waals surface area contributed by atoms with Gasteiger partial charge in [-0.15, -0.1) is 0 Å². The molecule has 2 N–H and O–H groups in total. The second-order valence-corrected chi connectivity index (χ2v) is 6.09. The Balaban J connectivity index is 1.93. The van der Waals surface area contributed by atoms with Crippen LogP contribution in [0.4, 0.5) is 11.4 Å². The second-order valence-electron chi connectivity index (χ2n) is 5.28. The Kier molecular flexibility index (Phi) is 3.79. The molecule has 0 spiro atoms. The van der Waals surface area contributed by atoms with Crippen molar-refractivity contribution in [3.8, 4) is 0 Å². The van der Waals surface area contributed by atoms with Crippen LogP contribution in [0.3, 0.4) is 0 Å². The predicted molar refractivity (Wildman–Crippen MR) is 80.2 cm³/mol. The highest BCUT2D eigenvalue weighted by molar-refractivity contribution is 6.42. The molecule has 1 saturated carbocycles. The Morgan fingerprint density at radius 2 is 1.89 bits per heavy atom. The fraction of sp³-hybridized carbons (Fsp3) is 0.571. The van der Waals surface area contributed by atoms with Gasteiger partial charge in [-0.1, -0.05) is 36.0 Å². The van der Waals surface area contributed by atoms with Gasteiger partial charge in [0, 0.05) is 6.54 Å². The Hall–Kier alpha value is -0.640. The van der Waals surface area contributed by atoms with Crippen molar-refractivity contribution in [1.82, 2.24) is 0 Å². The molecule has 0 bridgehead atoms. The van der Waals surface area contributed by atoms with Crippen LogP contribution in [-0.4, -0.2) is 25.3 Å². The number of hydrogen-bond donors (Lipinski definition) is 1. The van der Waals surface area contributed by atoms with Crippen LogP contribution in [0.25, 0.3) is 0 Å². The smallest absolute Gasteiger partial charge is 0.0779 e. The lowest BCUT2D eigenvalue weighted by atomic mass is 9.89. The van der Waals surface area contributed by atoms with Crippen molar-refractivity contribution in [2.45, 2.75) is 37.8 Å². The lowest BCUT2D eigenvalue weighted by molar-refractivity contribution is -0.00861. The van der Waals surface area contributed by atoms with E-state index in [9.17, 15) is 0 Å². The van der Waals surface area contributed by atoms with Gasteiger partial charge >= 0.3 is 0 Å². The Bertz CT molecular complexity index is 479. The molecule has 0 aromatic heterocycles. The number of benzene rings is 1. The topological polar surface area (TPSA) is 38.5 Å². The number of halogens is 2. The minimum Gasteiger partial charge on any atom is -0.397 e. The first-order valence-electron chi connectivity index (χ1n) is 6.79. The molecule has 1 saturated heterocycles. The molecule has 19 heavy (non-hydrogen) atoms. The monoisotopic (exact) mass is 300 g/mol. The average Bonchev–Trinajstić information content (AvgIpc) is 2.42. The number of hydrogen-bond acceptors (Lipinski definition) is 3. The van der Waals surface area contributed by atoms with Crippen molar-refractivity contribution in [2.24, 2.45) is 0 Å². The number of morpholine rings is 1. The normalized spacial score (nSPS) is 27.2.